The molecule has 0 spiro atoms. The average molecular weight is 242 g/mol. The molecule has 1 saturated heterocycles. The molecule has 17 heavy (non-hydrogen) atoms. The molecule has 0 bridgehead atoms. The Morgan fingerprint density at radius 1 is 1.35 bits per heavy atom. The number of piperidine rings is 1. The molecule has 1 amide bonds. The van der Waals surface area contributed by atoms with Crippen molar-refractivity contribution in [3.8, 4) is 0 Å². The van der Waals surface area contributed by atoms with Crippen molar-refractivity contribution >= 4 is 5.91 Å². The molecule has 0 aromatic heterocycles. The number of amides is 1. The number of nitrogens with two attached hydrogens (primary N) is 1. The zero-order valence-electron chi connectivity index (χ0n) is 11.2. The maximum atomic E-state index is 12.0. The van der Waals surface area contributed by atoms with Crippen LogP contribution in [0, 0.1) is 11.8 Å². The van der Waals surface area contributed by atoms with Crippen LogP contribution >= 0.6 is 0 Å². The molecule has 0 saturated carbocycles. The van der Waals surface area contributed by atoms with Crippen LogP contribution in [-0.4, -0.2) is 41.1 Å². The van der Waals surface area contributed by atoms with Gasteiger partial charge in [-0.15, -0.1) is 0 Å². The van der Waals surface area contributed by atoms with E-state index in [1.807, 2.05) is 11.8 Å². The Hall–Kier alpha value is -0.610. The quantitative estimate of drug-likeness (QED) is 0.772. The van der Waals surface area contributed by atoms with Crippen LogP contribution in [0.3, 0.4) is 0 Å². The number of likely N-dealkylation sites (tertiary alicyclic amines) is 1. The summed E-state index contributed by atoms with van der Waals surface area (Å²) in [6.45, 7) is 7.45. The Balaban J connectivity index is 2.40. The summed E-state index contributed by atoms with van der Waals surface area (Å²) in [5.74, 6) is 0.854. The molecule has 4 heteroatoms. The van der Waals surface area contributed by atoms with Crippen molar-refractivity contribution in [1.29, 1.82) is 0 Å². The molecule has 1 aliphatic rings. The SMILES string of the molecule is CC(C)C[C@@H](N)C(=O)N1CCC(C(C)O)CC1. The second kappa shape index (κ2) is 6.36. The van der Waals surface area contributed by atoms with Crippen LogP contribution in [0.2, 0.25) is 0 Å². The molecule has 2 atom stereocenters. The molecule has 0 aliphatic carbocycles. The van der Waals surface area contributed by atoms with E-state index < -0.39 is 0 Å². The molecule has 0 radical (unpaired) electrons. The highest BCUT2D eigenvalue weighted by Gasteiger charge is 2.28. The first kappa shape index (κ1) is 14.5. The molecule has 0 aromatic carbocycles. The molecule has 1 heterocycles. The molecule has 4 nitrogen and oxygen atoms in total. The molecule has 1 fully saturated rings. The number of carbonyl (C=O) groups excluding carboxylic acids is 1. The minimum absolute atomic E-state index is 0.0720. The van der Waals surface area contributed by atoms with E-state index in [-0.39, 0.29) is 18.1 Å². The molecule has 100 valence electrons. The van der Waals surface area contributed by atoms with Crippen molar-refractivity contribution in [2.45, 2.75) is 52.2 Å². The van der Waals surface area contributed by atoms with E-state index in [4.69, 9.17) is 5.73 Å². The Morgan fingerprint density at radius 3 is 2.29 bits per heavy atom. The Bertz CT molecular complexity index is 246. The van der Waals surface area contributed by atoms with Crippen LogP contribution in [0.25, 0.3) is 0 Å². The van der Waals surface area contributed by atoms with Crippen molar-refractivity contribution in [2.75, 3.05) is 13.1 Å². The minimum Gasteiger partial charge on any atom is -0.393 e. The number of hydrogen-bond acceptors (Lipinski definition) is 3. The van der Waals surface area contributed by atoms with Gasteiger partial charge in [-0.05, 0) is 38.0 Å². The van der Waals surface area contributed by atoms with Crippen LogP contribution in [0.15, 0.2) is 0 Å². The topological polar surface area (TPSA) is 66.6 Å². The zero-order valence-corrected chi connectivity index (χ0v) is 11.2. The van der Waals surface area contributed by atoms with Gasteiger partial charge in [-0.2, -0.15) is 0 Å². The van der Waals surface area contributed by atoms with E-state index in [0.29, 0.717) is 11.8 Å². The van der Waals surface area contributed by atoms with Gasteiger partial charge in [0, 0.05) is 13.1 Å². The summed E-state index contributed by atoms with van der Waals surface area (Å²) < 4.78 is 0. The predicted molar refractivity (Wildman–Crippen MR) is 68.4 cm³/mol. The van der Waals surface area contributed by atoms with E-state index in [9.17, 15) is 9.90 Å². The number of rotatable bonds is 4. The van der Waals surface area contributed by atoms with Crippen LogP contribution < -0.4 is 5.73 Å². The monoisotopic (exact) mass is 242 g/mol. The Kier molecular flexibility index (Phi) is 5.40. The average Bonchev–Trinajstić information content (AvgIpc) is 2.27. The number of carbonyl (C=O) groups is 1. The molecule has 1 unspecified atom stereocenters. The lowest BCUT2D eigenvalue weighted by atomic mass is 9.91. The van der Waals surface area contributed by atoms with E-state index in [0.717, 1.165) is 32.4 Å². The molecule has 0 aromatic rings. The molecular formula is C13H26N2O2. The lowest BCUT2D eigenvalue weighted by molar-refractivity contribution is -0.134. The highest BCUT2D eigenvalue weighted by molar-refractivity contribution is 5.81. The maximum Gasteiger partial charge on any atom is 0.239 e. The fourth-order valence-corrected chi connectivity index (χ4v) is 2.45. The van der Waals surface area contributed by atoms with E-state index >= 15 is 0 Å². The largest absolute Gasteiger partial charge is 0.393 e. The summed E-state index contributed by atoms with van der Waals surface area (Å²) in [6, 6.07) is -0.363. The maximum absolute atomic E-state index is 12.0. The van der Waals surface area contributed by atoms with E-state index in [2.05, 4.69) is 13.8 Å². The fourth-order valence-electron chi connectivity index (χ4n) is 2.45. The third kappa shape index (κ3) is 4.28. The third-order valence-electron chi connectivity index (χ3n) is 3.58. The first-order valence-corrected chi connectivity index (χ1v) is 6.64. The van der Waals surface area contributed by atoms with Crippen molar-refractivity contribution in [3.63, 3.8) is 0 Å². The summed E-state index contributed by atoms with van der Waals surface area (Å²) in [5.41, 5.74) is 5.90. The van der Waals surface area contributed by atoms with Crippen molar-refractivity contribution in [3.05, 3.63) is 0 Å². The Labute approximate surface area is 104 Å². The summed E-state index contributed by atoms with van der Waals surface area (Å²) >= 11 is 0. The van der Waals surface area contributed by atoms with Crippen LogP contribution in [0.1, 0.15) is 40.0 Å². The minimum atomic E-state index is -0.363. The van der Waals surface area contributed by atoms with E-state index in [1.165, 1.54) is 0 Å². The van der Waals surface area contributed by atoms with Gasteiger partial charge in [-0.25, -0.2) is 0 Å². The second-order valence-electron chi connectivity index (χ2n) is 5.64. The highest BCUT2D eigenvalue weighted by atomic mass is 16.3. The summed E-state index contributed by atoms with van der Waals surface area (Å²) in [6.07, 6.45) is 2.25. The first-order valence-electron chi connectivity index (χ1n) is 6.64. The van der Waals surface area contributed by atoms with Gasteiger partial charge in [0.25, 0.3) is 0 Å². The predicted octanol–water partition coefficient (Wildman–Crippen LogP) is 0.979. The number of aliphatic hydroxyl groups excluding tert-OH is 1. The fraction of sp³-hybridized carbons (Fsp3) is 0.923. The first-order chi connectivity index (χ1) is 7.91. The molecule has 1 aliphatic heterocycles. The summed E-state index contributed by atoms with van der Waals surface area (Å²) in [4.78, 5) is 13.9. The van der Waals surface area contributed by atoms with Gasteiger partial charge in [-0.3, -0.25) is 4.79 Å². The van der Waals surface area contributed by atoms with Crippen LogP contribution in [-0.2, 0) is 4.79 Å². The van der Waals surface area contributed by atoms with Gasteiger partial charge in [0.15, 0.2) is 0 Å². The standard InChI is InChI=1S/C13H26N2O2/c1-9(2)8-12(14)13(17)15-6-4-11(5-7-15)10(3)16/h9-12,16H,4-8,14H2,1-3H3/t10?,12-/m1/s1. The molecule has 1 rings (SSSR count). The number of hydrogen-bond donors (Lipinski definition) is 2. The van der Waals surface area contributed by atoms with E-state index in [1.54, 1.807) is 0 Å². The highest BCUT2D eigenvalue weighted by Crippen LogP contribution is 2.21. The van der Waals surface area contributed by atoms with Crippen molar-refractivity contribution < 1.29 is 9.90 Å². The van der Waals surface area contributed by atoms with Crippen LogP contribution in [0.4, 0.5) is 0 Å². The van der Waals surface area contributed by atoms with Gasteiger partial charge in [-0.1, -0.05) is 13.8 Å². The Morgan fingerprint density at radius 2 is 1.88 bits per heavy atom. The summed E-state index contributed by atoms with van der Waals surface area (Å²) in [7, 11) is 0. The molecule has 3 N–H and O–H groups in total. The summed E-state index contributed by atoms with van der Waals surface area (Å²) in [5, 5.41) is 9.50. The van der Waals surface area contributed by atoms with Gasteiger partial charge < -0.3 is 15.7 Å². The number of nitrogens with zero attached hydrogens (tertiary/aromatic N) is 1. The van der Waals surface area contributed by atoms with Gasteiger partial charge in [0.1, 0.15) is 0 Å². The smallest absolute Gasteiger partial charge is 0.239 e. The second-order valence-corrected chi connectivity index (χ2v) is 5.64. The molecular weight excluding hydrogens is 216 g/mol. The lowest BCUT2D eigenvalue weighted by Crippen LogP contribution is -2.48. The lowest BCUT2D eigenvalue weighted by Gasteiger charge is -2.34. The zero-order chi connectivity index (χ0) is 13.0. The van der Waals surface area contributed by atoms with Gasteiger partial charge in [0.2, 0.25) is 5.91 Å². The third-order valence-corrected chi connectivity index (χ3v) is 3.58. The van der Waals surface area contributed by atoms with Gasteiger partial charge >= 0.3 is 0 Å². The van der Waals surface area contributed by atoms with Crippen molar-refractivity contribution in [1.82, 2.24) is 4.90 Å². The van der Waals surface area contributed by atoms with Crippen molar-refractivity contribution in [2.24, 2.45) is 17.6 Å². The van der Waals surface area contributed by atoms with Crippen LogP contribution in [0.5, 0.6) is 0 Å². The number of aliphatic hydroxyl groups is 1. The van der Waals surface area contributed by atoms with Gasteiger partial charge in [0.05, 0.1) is 12.1 Å². The normalized spacial score (nSPS) is 21.6.